The van der Waals surface area contributed by atoms with Crippen LogP contribution in [0.25, 0.3) is 0 Å². The summed E-state index contributed by atoms with van der Waals surface area (Å²) in [5, 5.41) is 23.9. The lowest BCUT2D eigenvalue weighted by Gasteiger charge is -2.24. The summed E-state index contributed by atoms with van der Waals surface area (Å²) in [7, 11) is 0. The van der Waals surface area contributed by atoms with E-state index >= 15 is 0 Å². The largest absolute Gasteiger partial charge is 0.481 e. The van der Waals surface area contributed by atoms with Gasteiger partial charge in [-0.15, -0.1) is 11.8 Å². The predicted molar refractivity (Wildman–Crippen MR) is 117 cm³/mol. The van der Waals surface area contributed by atoms with Crippen molar-refractivity contribution in [3.8, 4) is 0 Å². The molecule has 2 aromatic rings. The van der Waals surface area contributed by atoms with Crippen LogP contribution in [0.4, 0.5) is 5.69 Å². The van der Waals surface area contributed by atoms with Crippen molar-refractivity contribution in [2.24, 2.45) is 5.73 Å². The Hall–Kier alpha value is -3.53. The average Bonchev–Trinajstić information content (AvgIpc) is 2.71. The number of benzene rings is 2. The highest BCUT2D eigenvalue weighted by molar-refractivity contribution is 7.99. The molecule has 30 heavy (non-hydrogen) atoms. The first kappa shape index (κ1) is 22.8. The molecule has 0 spiro atoms. The maximum absolute atomic E-state index is 12.3. The third kappa shape index (κ3) is 6.52. The fourth-order valence-corrected chi connectivity index (χ4v) is 3.55. The van der Waals surface area contributed by atoms with E-state index in [-0.39, 0.29) is 18.1 Å². The number of carboxylic acids is 1. The van der Waals surface area contributed by atoms with E-state index < -0.39 is 29.1 Å². The number of carboxylic acid groups (broad SMARTS) is 1. The van der Waals surface area contributed by atoms with Crippen LogP contribution >= 0.6 is 11.8 Å². The van der Waals surface area contributed by atoms with E-state index in [0.717, 1.165) is 0 Å². The molecule has 0 saturated heterocycles. The molecule has 0 aliphatic heterocycles. The van der Waals surface area contributed by atoms with Crippen molar-refractivity contribution in [1.29, 1.82) is 5.41 Å². The topological polar surface area (TPSA) is 157 Å². The number of aliphatic carboxylic acids is 1. The molecule has 7 N–H and O–H groups in total. The molecule has 0 saturated carbocycles. The van der Waals surface area contributed by atoms with Crippen LogP contribution in [-0.2, 0) is 9.59 Å². The Morgan fingerprint density at radius 3 is 2.43 bits per heavy atom. The molecule has 2 amide bonds. The van der Waals surface area contributed by atoms with E-state index in [1.165, 1.54) is 17.8 Å². The van der Waals surface area contributed by atoms with Gasteiger partial charge in [0.1, 0.15) is 5.92 Å². The number of hydrogen-bond donors (Lipinski definition) is 6. The highest BCUT2D eigenvalue weighted by Gasteiger charge is 2.30. The molecule has 0 bridgehead atoms. The number of carbonyl (C=O) groups excluding carboxylic acids is 2. The molecular formula is C20H23N5O4S. The van der Waals surface area contributed by atoms with E-state index in [0.29, 0.717) is 11.3 Å². The van der Waals surface area contributed by atoms with Crippen LogP contribution in [0.2, 0.25) is 0 Å². The van der Waals surface area contributed by atoms with Crippen molar-refractivity contribution in [2.75, 3.05) is 18.1 Å². The summed E-state index contributed by atoms with van der Waals surface area (Å²) in [6, 6.07) is 14.9. The van der Waals surface area contributed by atoms with Gasteiger partial charge < -0.3 is 26.8 Å². The molecule has 0 heterocycles. The smallest absolute Gasteiger partial charge is 0.313 e. The molecule has 0 radical (unpaired) electrons. The maximum Gasteiger partial charge on any atom is 0.313 e. The quantitative estimate of drug-likeness (QED) is 0.200. The number of rotatable bonds is 9. The minimum Gasteiger partial charge on any atom is -0.481 e. The molecule has 9 nitrogen and oxygen atoms in total. The van der Waals surface area contributed by atoms with E-state index in [1.54, 1.807) is 54.8 Å². The van der Waals surface area contributed by atoms with Gasteiger partial charge in [-0.3, -0.25) is 19.8 Å². The lowest BCUT2D eigenvalue weighted by molar-refractivity contribution is -0.139. The average molecular weight is 430 g/mol. The monoisotopic (exact) mass is 429 g/mol. The van der Waals surface area contributed by atoms with Gasteiger partial charge in [0.15, 0.2) is 5.96 Å². The number of hydrogen-bond acceptors (Lipinski definition) is 5. The molecule has 0 aliphatic rings. The highest BCUT2D eigenvalue weighted by atomic mass is 32.2. The van der Waals surface area contributed by atoms with Crippen molar-refractivity contribution in [2.45, 2.75) is 11.3 Å². The van der Waals surface area contributed by atoms with Gasteiger partial charge in [-0.1, -0.05) is 36.4 Å². The lowest BCUT2D eigenvalue weighted by atomic mass is 9.99. The summed E-state index contributed by atoms with van der Waals surface area (Å²) in [6.07, 6.45) is 1.70. The first-order valence-electron chi connectivity index (χ1n) is 8.91. The Morgan fingerprint density at radius 2 is 1.83 bits per heavy atom. The van der Waals surface area contributed by atoms with Crippen molar-refractivity contribution >= 4 is 41.2 Å². The minimum atomic E-state index is -1.06. The molecule has 10 heteroatoms. The predicted octanol–water partition coefficient (Wildman–Crippen LogP) is 1.40. The first-order valence-corrected chi connectivity index (χ1v) is 10.2. The number of amides is 2. The van der Waals surface area contributed by atoms with Gasteiger partial charge in [-0.25, -0.2) is 0 Å². The first-order chi connectivity index (χ1) is 14.3. The van der Waals surface area contributed by atoms with Gasteiger partial charge in [0.25, 0.3) is 5.91 Å². The zero-order valence-corrected chi connectivity index (χ0v) is 17.0. The second-order valence-electron chi connectivity index (χ2n) is 6.25. The van der Waals surface area contributed by atoms with Gasteiger partial charge in [-0.2, -0.15) is 0 Å². The summed E-state index contributed by atoms with van der Waals surface area (Å²) in [4.78, 5) is 36.4. The number of anilines is 1. The molecular weight excluding hydrogens is 406 g/mol. The number of thioether (sulfide) groups is 1. The Labute approximate surface area is 177 Å². The Kier molecular flexibility index (Phi) is 8.24. The summed E-state index contributed by atoms with van der Waals surface area (Å²) in [6.45, 7) is -0.318. The van der Waals surface area contributed by atoms with E-state index in [2.05, 4.69) is 16.0 Å². The Morgan fingerprint density at radius 1 is 1.13 bits per heavy atom. The highest BCUT2D eigenvalue weighted by Crippen LogP contribution is 2.26. The molecule has 2 unspecified atom stereocenters. The maximum atomic E-state index is 12.3. The Bertz CT molecular complexity index is 922. The van der Waals surface area contributed by atoms with Gasteiger partial charge in [-0.05, 0) is 30.0 Å². The van der Waals surface area contributed by atoms with Gasteiger partial charge in [0, 0.05) is 11.3 Å². The van der Waals surface area contributed by atoms with Crippen LogP contribution in [-0.4, -0.2) is 47.0 Å². The summed E-state index contributed by atoms with van der Waals surface area (Å²) >= 11 is 1.20. The standard InChI is InChI=1S/C20H23N5O4S/c1-30-18(16(19(28)29)12-6-3-2-4-7-12)25-15(26)11-23-17(27)13-8-5-9-14(10-13)24-20(21)22/h2-10,16,18H,11H2,1H3,(H,23,27)(H,25,26)(H,28,29)(H4,21,22,24). The molecule has 2 atom stereocenters. The number of guanidine groups is 1. The number of nitrogens with two attached hydrogens (primary N) is 1. The minimum absolute atomic E-state index is 0.263. The third-order valence-electron chi connectivity index (χ3n) is 4.10. The summed E-state index contributed by atoms with van der Waals surface area (Å²) in [5.41, 5.74) is 6.59. The molecule has 0 aromatic heterocycles. The summed E-state index contributed by atoms with van der Waals surface area (Å²) < 4.78 is 0. The van der Waals surface area contributed by atoms with Gasteiger partial charge in [0.05, 0.1) is 11.9 Å². The van der Waals surface area contributed by atoms with Crippen molar-refractivity contribution in [3.05, 3.63) is 65.7 Å². The zero-order chi connectivity index (χ0) is 22.1. The fraction of sp³-hybridized carbons (Fsp3) is 0.200. The molecule has 0 fully saturated rings. The second kappa shape index (κ2) is 10.9. The van der Waals surface area contributed by atoms with Crippen LogP contribution < -0.4 is 21.7 Å². The molecule has 2 rings (SSSR count). The van der Waals surface area contributed by atoms with Crippen LogP contribution in [0.15, 0.2) is 54.6 Å². The van der Waals surface area contributed by atoms with E-state index in [1.807, 2.05) is 0 Å². The molecule has 158 valence electrons. The van der Waals surface area contributed by atoms with Crippen LogP contribution in [0.1, 0.15) is 21.8 Å². The van der Waals surface area contributed by atoms with Gasteiger partial charge >= 0.3 is 5.97 Å². The zero-order valence-electron chi connectivity index (χ0n) is 16.2. The molecule has 0 aliphatic carbocycles. The van der Waals surface area contributed by atoms with E-state index in [4.69, 9.17) is 11.1 Å². The van der Waals surface area contributed by atoms with Gasteiger partial charge in [0.2, 0.25) is 5.91 Å². The van der Waals surface area contributed by atoms with Crippen molar-refractivity contribution < 1.29 is 19.5 Å². The normalized spacial score (nSPS) is 12.3. The lowest BCUT2D eigenvalue weighted by Crippen LogP contribution is -2.44. The molecule has 2 aromatic carbocycles. The van der Waals surface area contributed by atoms with Crippen molar-refractivity contribution in [1.82, 2.24) is 10.6 Å². The van der Waals surface area contributed by atoms with Crippen molar-refractivity contribution in [3.63, 3.8) is 0 Å². The van der Waals surface area contributed by atoms with Crippen LogP contribution in [0.3, 0.4) is 0 Å². The number of carbonyl (C=O) groups is 3. The van der Waals surface area contributed by atoms with Crippen LogP contribution in [0.5, 0.6) is 0 Å². The second-order valence-corrected chi connectivity index (χ2v) is 7.23. The fourth-order valence-electron chi connectivity index (χ4n) is 2.75. The third-order valence-corrected chi connectivity index (χ3v) is 5.00. The summed E-state index contributed by atoms with van der Waals surface area (Å²) in [5.74, 6) is -3.25. The van der Waals surface area contributed by atoms with E-state index in [9.17, 15) is 19.5 Å². The number of nitrogens with one attached hydrogen (secondary N) is 4. The Balaban J connectivity index is 1.99. The SMILES string of the molecule is CSC(NC(=O)CNC(=O)c1cccc(NC(=N)N)c1)C(C(=O)O)c1ccccc1. The van der Waals surface area contributed by atoms with Crippen LogP contribution in [0, 0.1) is 5.41 Å².